The lowest BCUT2D eigenvalue weighted by atomic mass is 9.87. The Bertz CT molecular complexity index is 1360. The number of methoxy groups -OCH3 is 1. The normalized spacial score (nSPS) is 20.6. The van der Waals surface area contributed by atoms with Crippen LogP contribution in [0.25, 0.3) is 11.1 Å². The second-order valence-electron chi connectivity index (χ2n) is 10.7. The number of benzene rings is 2. The number of fused-ring (bicyclic) bond motifs is 1. The Morgan fingerprint density at radius 3 is 2.72 bits per heavy atom. The van der Waals surface area contributed by atoms with Crippen molar-refractivity contribution in [3.63, 3.8) is 0 Å². The Morgan fingerprint density at radius 1 is 1.18 bits per heavy atom. The molecule has 0 radical (unpaired) electrons. The van der Waals surface area contributed by atoms with Gasteiger partial charge in [0.15, 0.2) is 0 Å². The molecule has 2 aliphatic heterocycles. The molecule has 3 aromatic rings. The number of nitrogens with zero attached hydrogens (tertiary/aromatic N) is 2. The zero-order chi connectivity index (χ0) is 27.7. The third-order valence-corrected chi connectivity index (χ3v) is 8.17. The number of pyridine rings is 1. The van der Waals surface area contributed by atoms with Crippen molar-refractivity contribution in [3.8, 4) is 22.8 Å². The summed E-state index contributed by atoms with van der Waals surface area (Å²) in [6.07, 6.45) is 3.00. The van der Waals surface area contributed by atoms with Gasteiger partial charge in [-0.25, -0.2) is 9.37 Å². The summed E-state index contributed by atoms with van der Waals surface area (Å²) in [5.74, 6) is -0.773. The number of aliphatic carboxylic acids is 1. The summed E-state index contributed by atoms with van der Waals surface area (Å²) >= 11 is 0. The molecule has 0 spiro atoms. The largest absolute Gasteiger partial charge is 0.485 e. The van der Waals surface area contributed by atoms with Gasteiger partial charge in [-0.15, -0.1) is 0 Å². The van der Waals surface area contributed by atoms with Crippen LogP contribution in [0.3, 0.4) is 0 Å². The van der Waals surface area contributed by atoms with Crippen molar-refractivity contribution >= 4 is 5.97 Å². The van der Waals surface area contributed by atoms with Crippen molar-refractivity contribution in [1.82, 2.24) is 9.88 Å². The second-order valence-corrected chi connectivity index (χ2v) is 10.7. The number of carboxylic acids is 1. The van der Waals surface area contributed by atoms with Crippen molar-refractivity contribution in [2.24, 2.45) is 5.92 Å². The van der Waals surface area contributed by atoms with Crippen molar-refractivity contribution in [1.29, 1.82) is 0 Å². The monoisotopic (exact) mass is 534 g/mol. The molecule has 0 saturated carbocycles. The van der Waals surface area contributed by atoms with E-state index < -0.39 is 17.7 Å². The van der Waals surface area contributed by atoms with Crippen molar-refractivity contribution in [2.45, 2.75) is 57.8 Å². The van der Waals surface area contributed by atoms with E-state index in [-0.39, 0.29) is 18.1 Å². The van der Waals surface area contributed by atoms with Crippen molar-refractivity contribution < 1.29 is 28.9 Å². The average Bonchev–Trinajstić information content (AvgIpc) is 3.36. The number of likely N-dealkylation sites (tertiary alicyclic amines) is 1. The third kappa shape index (κ3) is 5.77. The molecule has 0 aliphatic carbocycles. The van der Waals surface area contributed by atoms with Gasteiger partial charge in [-0.2, -0.15) is 0 Å². The fourth-order valence-corrected chi connectivity index (χ4v) is 5.55. The van der Waals surface area contributed by atoms with Crippen LogP contribution >= 0.6 is 0 Å². The number of aliphatic hydroxyl groups is 1. The van der Waals surface area contributed by atoms with Gasteiger partial charge in [0.2, 0.25) is 5.88 Å². The first-order valence-electron chi connectivity index (χ1n) is 13.5. The summed E-state index contributed by atoms with van der Waals surface area (Å²) in [5.41, 5.74) is 5.17. The fraction of sp³-hybridized carbons (Fsp3) is 0.419. The quantitative estimate of drug-likeness (QED) is 0.402. The summed E-state index contributed by atoms with van der Waals surface area (Å²) in [7, 11) is 1.51. The maximum absolute atomic E-state index is 14.9. The standard InChI is InChI=1S/C31H35FN2O5/c1-18(19(2)31(36)37)21-5-4-20-7-9-28(39-29(20)13-21)22-6-8-25(26-14-30(38-3)33-15-27(26)32)23(12-22)16-34-11-10-24(35)17-34/h4-6,8,12-15,18-19,24,28,35H,7,9-11,16-17H2,1-3H3,(H,36,37)/t18-,19+,24-,28?/m1/s1. The van der Waals surface area contributed by atoms with Gasteiger partial charge in [0.25, 0.3) is 0 Å². The van der Waals surface area contributed by atoms with Crippen LogP contribution in [0.15, 0.2) is 48.7 Å². The number of ether oxygens (including phenoxy) is 2. The molecule has 4 atom stereocenters. The lowest BCUT2D eigenvalue weighted by Gasteiger charge is -2.29. The molecular formula is C31H35FN2O5. The smallest absolute Gasteiger partial charge is 0.306 e. The molecule has 8 heteroatoms. The van der Waals surface area contributed by atoms with E-state index >= 15 is 0 Å². The molecule has 7 nitrogen and oxygen atoms in total. The molecular weight excluding hydrogens is 499 g/mol. The maximum atomic E-state index is 14.9. The molecule has 206 valence electrons. The number of rotatable bonds is 8. The molecule has 0 bridgehead atoms. The van der Waals surface area contributed by atoms with Gasteiger partial charge in [0.1, 0.15) is 17.7 Å². The van der Waals surface area contributed by atoms with Crippen LogP contribution < -0.4 is 9.47 Å². The van der Waals surface area contributed by atoms with Crippen LogP contribution in [-0.4, -0.2) is 52.4 Å². The van der Waals surface area contributed by atoms with E-state index in [1.54, 1.807) is 13.0 Å². The highest BCUT2D eigenvalue weighted by Gasteiger charge is 2.27. The van der Waals surface area contributed by atoms with Gasteiger partial charge in [-0.05, 0) is 59.1 Å². The third-order valence-electron chi connectivity index (χ3n) is 8.17. The topological polar surface area (TPSA) is 92.1 Å². The Balaban J connectivity index is 1.46. The number of aryl methyl sites for hydroxylation is 1. The van der Waals surface area contributed by atoms with Gasteiger partial charge in [-0.3, -0.25) is 9.69 Å². The first kappa shape index (κ1) is 27.1. The number of carboxylic acid groups (broad SMARTS) is 1. The Morgan fingerprint density at radius 2 is 2.00 bits per heavy atom. The fourth-order valence-electron chi connectivity index (χ4n) is 5.55. The minimum atomic E-state index is -0.819. The summed E-state index contributed by atoms with van der Waals surface area (Å²) < 4.78 is 26.7. The van der Waals surface area contributed by atoms with Crippen LogP contribution in [0, 0.1) is 11.7 Å². The molecule has 2 N–H and O–H groups in total. The van der Waals surface area contributed by atoms with E-state index in [0.29, 0.717) is 24.5 Å². The Labute approximate surface area is 228 Å². The van der Waals surface area contributed by atoms with E-state index in [4.69, 9.17) is 9.47 Å². The number of β-amino-alcohol motifs (C(OH)–C–C–N with tert-alkyl or cyclic N) is 1. The number of halogens is 1. The number of aliphatic hydroxyl groups excluding tert-OH is 1. The summed E-state index contributed by atoms with van der Waals surface area (Å²) in [6, 6.07) is 13.6. The molecule has 1 saturated heterocycles. The van der Waals surface area contributed by atoms with E-state index in [1.807, 2.05) is 37.3 Å². The van der Waals surface area contributed by atoms with Gasteiger partial charge in [0, 0.05) is 31.3 Å². The first-order valence-corrected chi connectivity index (χ1v) is 13.5. The first-order chi connectivity index (χ1) is 18.7. The molecule has 1 fully saturated rings. The highest BCUT2D eigenvalue weighted by Crippen LogP contribution is 2.39. The van der Waals surface area contributed by atoms with Crippen molar-refractivity contribution in [2.75, 3.05) is 20.2 Å². The zero-order valence-corrected chi connectivity index (χ0v) is 22.6. The van der Waals surface area contributed by atoms with Gasteiger partial charge in [-0.1, -0.05) is 44.2 Å². The molecule has 3 heterocycles. The van der Waals surface area contributed by atoms with Crippen LogP contribution in [0.1, 0.15) is 61.0 Å². The highest BCUT2D eigenvalue weighted by molar-refractivity contribution is 5.71. The van der Waals surface area contributed by atoms with Crippen molar-refractivity contribution in [3.05, 3.63) is 76.7 Å². The van der Waals surface area contributed by atoms with E-state index in [0.717, 1.165) is 59.4 Å². The maximum Gasteiger partial charge on any atom is 0.306 e. The van der Waals surface area contributed by atoms with Gasteiger partial charge >= 0.3 is 5.97 Å². The molecule has 1 unspecified atom stereocenters. The average molecular weight is 535 g/mol. The van der Waals surface area contributed by atoms with Crippen LogP contribution in [0.2, 0.25) is 0 Å². The molecule has 2 aliphatic rings. The summed E-state index contributed by atoms with van der Waals surface area (Å²) in [4.78, 5) is 17.7. The zero-order valence-electron chi connectivity index (χ0n) is 22.6. The van der Waals surface area contributed by atoms with Gasteiger partial charge in [0.05, 0.1) is 25.3 Å². The SMILES string of the molecule is COc1cc(-c2ccc(C3CCc4ccc([C@H](C)[C@H](C)C(=O)O)cc4O3)cc2CN2CC[C@@H](O)C2)c(F)cn1. The summed E-state index contributed by atoms with van der Waals surface area (Å²) in [6.45, 7) is 5.57. The molecule has 39 heavy (non-hydrogen) atoms. The molecule has 0 amide bonds. The lowest BCUT2D eigenvalue weighted by Crippen LogP contribution is -2.22. The minimum absolute atomic E-state index is 0.147. The Hall–Kier alpha value is -3.49. The predicted molar refractivity (Wildman–Crippen MR) is 145 cm³/mol. The number of aromatic nitrogens is 1. The molecule has 2 aromatic carbocycles. The highest BCUT2D eigenvalue weighted by atomic mass is 19.1. The van der Waals surface area contributed by atoms with E-state index in [1.165, 1.54) is 13.3 Å². The van der Waals surface area contributed by atoms with E-state index in [9.17, 15) is 19.4 Å². The van der Waals surface area contributed by atoms with Crippen LogP contribution in [0.4, 0.5) is 4.39 Å². The van der Waals surface area contributed by atoms with Gasteiger partial charge < -0.3 is 19.7 Å². The summed E-state index contributed by atoms with van der Waals surface area (Å²) in [5, 5.41) is 19.5. The van der Waals surface area contributed by atoms with E-state index in [2.05, 4.69) is 16.0 Å². The Kier molecular flexibility index (Phi) is 7.86. The molecule has 1 aromatic heterocycles. The number of carbonyl (C=O) groups is 1. The van der Waals surface area contributed by atoms with Crippen LogP contribution in [-0.2, 0) is 17.8 Å². The second kappa shape index (κ2) is 11.3. The number of hydrogen-bond acceptors (Lipinski definition) is 6. The minimum Gasteiger partial charge on any atom is -0.485 e. The van der Waals surface area contributed by atoms with Crippen LogP contribution in [0.5, 0.6) is 11.6 Å². The lowest BCUT2D eigenvalue weighted by molar-refractivity contribution is -0.141. The molecule has 5 rings (SSSR count). The predicted octanol–water partition coefficient (Wildman–Crippen LogP) is 5.35. The number of hydrogen-bond donors (Lipinski definition) is 2.